The zero-order chi connectivity index (χ0) is 13.9. The maximum atomic E-state index is 5.40. The smallest absolute Gasteiger partial charge is 0.223 e. The van der Waals surface area contributed by atoms with E-state index >= 15 is 0 Å². The molecule has 5 heteroatoms. The van der Waals surface area contributed by atoms with Gasteiger partial charge in [0.2, 0.25) is 5.95 Å². The van der Waals surface area contributed by atoms with E-state index in [1.807, 2.05) is 24.3 Å². The van der Waals surface area contributed by atoms with E-state index in [-0.39, 0.29) is 0 Å². The molecular formula is C15H17N3O2. The summed E-state index contributed by atoms with van der Waals surface area (Å²) in [5.41, 5.74) is 1.71. The van der Waals surface area contributed by atoms with Crippen LogP contribution in [-0.4, -0.2) is 30.2 Å². The quantitative estimate of drug-likeness (QED) is 0.906. The Balaban J connectivity index is 1.97. The third-order valence-electron chi connectivity index (χ3n) is 3.25. The van der Waals surface area contributed by atoms with Gasteiger partial charge >= 0.3 is 0 Å². The highest BCUT2D eigenvalue weighted by Crippen LogP contribution is 2.32. The second-order valence-electron chi connectivity index (χ2n) is 4.75. The van der Waals surface area contributed by atoms with Crippen molar-refractivity contribution in [1.29, 1.82) is 0 Å². The highest BCUT2D eigenvalue weighted by Gasteiger charge is 2.22. The van der Waals surface area contributed by atoms with E-state index in [2.05, 4.69) is 15.3 Å². The molecule has 1 N–H and O–H groups in total. The molecule has 0 unspecified atom stereocenters. The number of nitrogens with one attached hydrogen (secondary N) is 1. The molecule has 0 atom stereocenters. The molecule has 1 aromatic carbocycles. The summed E-state index contributed by atoms with van der Waals surface area (Å²) in [5.74, 6) is 2.20. The predicted molar refractivity (Wildman–Crippen MR) is 77.2 cm³/mol. The first-order chi connectivity index (χ1) is 9.80. The van der Waals surface area contributed by atoms with E-state index in [0.29, 0.717) is 12.0 Å². The van der Waals surface area contributed by atoms with E-state index in [1.54, 1.807) is 20.4 Å². The third-order valence-corrected chi connectivity index (χ3v) is 3.25. The molecule has 2 aromatic rings. The lowest BCUT2D eigenvalue weighted by molar-refractivity contribution is 0.404. The van der Waals surface area contributed by atoms with Gasteiger partial charge in [-0.1, -0.05) is 0 Å². The third kappa shape index (κ3) is 2.66. The van der Waals surface area contributed by atoms with Crippen LogP contribution in [0.25, 0.3) is 11.3 Å². The summed E-state index contributed by atoms with van der Waals surface area (Å²) in [5, 5.41) is 3.30. The molecule has 0 bridgehead atoms. The fourth-order valence-electron chi connectivity index (χ4n) is 2.00. The molecule has 1 aromatic heterocycles. The van der Waals surface area contributed by atoms with Gasteiger partial charge in [-0.3, -0.25) is 0 Å². The van der Waals surface area contributed by atoms with Crippen LogP contribution in [0.5, 0.6) is 11.5 Å². The Morgan fingerprint density at radius 3 is 2.70 bits per heavy atom. The van der Waals surface area contributed by atoms with E-state index in [0.717, 1.165) is 22.8 Å². The van der Waals surface area contributed by atoms with Crippen LogP contribution in [0.15, 0.2) is 30.5 Å². The first-order valence-corrected chi connectivity index (χ1v) is 6.62. The molecule has 104 valence electrons. The minimum atomic E-state index is 0.525. The molecule has 1 saturated carbocycles. The van der Waals surface area contributed by atoms with Gasteiger partial charge in [-0.15, -0.1) is 0 Å². The number of nitrogens with zero attached hydrogens (tertiary/aromatic N) is 2. The van der Waals surface area contributed by atoms with Crippen LogP contribution in [-0.2, 0) is 0 Å². The molecule has 1 aliphatic rings. The molecular weight excluding hydrogens is 254 g/mol. The van der Waals surface area contributed by atoms with Crippen molar-refractivity contribution in [3.63, 3.8) is 0 Å². The van der Waals surface area contributed by atoms with Crippen LogP contribution in [0.4, 0.5) is 5.95 Å². The van der Waals surface area contributed by atoms with Crippen molar-refractivity contribution in [3.05, 3.63) is 30.5 Å². The Hall–Kier alpha value is -2.30. The van der Waals surface area contributed by atoms with Crippen LogP contribution in [0.1, 0.15) is 12.8 Å². The van der Waals surface area contributed by atoms with Crippen molar-refractivity contribution in [2.45, 2.75) is 18.9 Å². The Morgan fingerprint density at radius 2 is 2.00 bits per heavy atom. The molecule has 1 heterocycles. The number of hydrogen-bond donors (Lipinski definition) is 1. The maximum Gasteiger partial charge on any atom is 0.223 e. The minimum Gasteiger partial charge on any atom is -0.497 e. The minimum absolute atomic E-state index is 0.525. The van der Waals surface area contributed by atoms with Crippen molar-refractivity contribution >= 4 is 5.95 Å². The Labute approximate surface area is 118 Å². The molecule has 1 aliphatic carbocycles. The number of anilines is 1. The molecule has 0 radical (unpaired) electrons. The largest absolute Gasteiger partial charge is 0.497 e. The normalized spacial score (nSPS) is 13.9. The number of ether oxygens (including phenoxy) is 2. The molecule has 5 nitrogen and oxygen atoms in total. The highest BCUT2D eigenvalue weighted by molar-refractivity contribution is 5.69. The highest BCUT2D eigenvalue weighted by atomic mass is 16.5. The Morgan fingerprint density at radius 1 is 1.15 bits per heavy atom. The lowest BCUT2D eigenvalue weighted by Crippen LogP contribution is -2.05. The summed E-state index contributed by atoms with van der Waals surface area (Å²) in [7, 11) is 3.29. The molecule has 0 saturated heterocycles. The second kappa shape index (κ2) is 5.36. The van der Waals surface area contributed by atoms with Gasteiger partial charge in [0, 0.05) is 17.8 Å². The average Bonchev–Trinajstić information content (AvgIpc) is 3.31. The van der Waals surface area contributed by atoms with Crippen molar-refractivity contribution in [3.8, 4) is 22.8 Å². The van der Waals surface area contributed by atoms with Gasteiger partial charge in [0.15, 0.2) is 0 Å². The van der Waals surface area contributed by atoms with Crippen molar-refractivity contribution in [1.82, 2.24) is 9.97 Å². The van der Waals surface area contributed by atoms with Gasteiger partial charge in [0.05, 0.1) is 19.9 Å². The summed E-state index contributed by atoms with van der Waals surface area (Å²) < 4.78 is 10.7. The summed E-state index contributed by atoms with van der Waals surface area (Å²) in [6.07, 6.45) is 4.14. The maximum absolute atomic E-state index is 5.40. The summed E-state index contributed by atoms with van der Waals surface area (Å²) in [4.78, 5) is 8.80. The molecule has 0 spiro atoms. The molecule has 3 rings (SSSR count). The van der Waals surface area contributed by atoms with Crippen molar-refractivity contribution in [2.75, 3.05) is 19.5 Å². The number of hydrogen-bond acceptors (Lipinski definition) is 5. The Bertz CT molecular complexity index is 612. The number of benzene rings is 1. The van der Waals surface area contributed by atoms with Gasteiger partial charge in [-0.2, -0.15) is 0 Å². The number of methoxy groups -OCH3 is 2. The zero-order valence-corrected chi connectivity index (χ0v) is 11.6. The molecule has 20 heavy (non-hydrogen) atoms. The second-order valence-corrected chi connectivity index (χ2v) is 4.75. The van der Waals surface area contributed by atoms with Crippen LogP contribution >= 0.6 is 0 Å². The van der Waals surface area contributed by atoms with Crippen LogP contribution in [0, 0.1) is 0 Å². The lowest BCUT2D eigenvalue weighted by Gasteiger charge is -2.11. The molecule has 0 aliphatic heterocycles. The first-order valence-electron chi connectivity index (χ1n) is 6.62. The van der Waals surface area contributed by atoms with E-state index in [1.165, 1.54) is 12.8 Å². The van der Waals surface area contributed by atoms with Gasteiger partial charge in [-0.05, 0) is 37.1 Å². The summed E-state index contributed by atoms with van der Waals surface area (Å²) in [6.45, 7) is 0. The first kappa shape index (κ1) is 12.7. The summed E-state index contributed by atoms with van der Waals surface area (Å²) >= 11 is 0. The van der Waals surface area contributed by atoms with Crippen molar-refractivity contribution < 1.29 is 9.47 Å². The van der Waals surface area contributed by atoms with Gasteiger partial charge in [0.25, 0.3) is 0 Å². The zero-order valence-electron chi connectivity index (χ0n) is 11.6. The molecule has 1 fully saturated rings. The topological polar surface area (TPSA) is 56.3 Å². The fourth-order valence-corrected chi connectivity index (χ4v) is 2.00. The van der Waals surface area contributed by atoms with E-state index in [9.17, 15) is 0 Å². The standard InChI is InChI=1S/C15H17N3O2/c1-19-11-5-6-14(20-2)12(9-11)13-7-8-16-15(18-13)17-10-3-4-10/h5-10H,3-4H2,1-2H3,(H,16,17,18). The van der Waals surface area contributed by atoms with Crippen LogP contribution in [0.2, 0.25) is 0 Å². The number of aromatic nitrogens is 2. The average molecular weight is 271 g/mol. The predicted octanol–water partition coefficient (Wildman–Crippen LogP) is 2.74. The Kier molecular flexibility index (Phi) is 3.41. The van der Waals surface area contributed by atoms with Gasteiger partial charge in [0.1, 0.15) is 11.5 Å². The van der Waals surface area contributed by atoms with E-state index in [4.69, 9.17) is 9.47 Å². The van der Waals surface area contributed by atoms with Crippen molar-refractivity contribution in [2.24, 2.45) is 0 Å². The van der Waals surface area contributed by atoms with Gasteiger partial charge < -0.3 is 14.8 Å². The number of rotatable bonds is 5. The SMILES string of the molecule is COc1ccc(OC)c(-c2ccnc(NC3CC3)n2)c1. The lowest BCUT2D eigenvalue weighted by atomic mass is 10.1. The molecule has 0 amide bonds. The van der Waals surface area contributed by atoms with Gasteiger partial charge in [-0.25, -0.2) is 9.97 Å². The van der Waals surface area contributed by atoms with E-state index < -0.39 is 0 Å². The summed E-state index contributed by atoms with van der Waals surface area (Å²) in [6, 6.07) is 8.06. The monoisotopic (exact) mass is 271 g/mol. The fraction of sp³-hybridized carbons (Fsp3) is 0.333. The van der Waals surface area contributed by atoms with Crippen LogP contribution < -0.4 is 14.8 Å². The van der Waals surface area contributed by atoms with Crippen LogP contribution in [0.3, 0.4) is 0 Å².